The van der Waals surface area contributed by atoms with E-state index in [0.717, 1.165) is 72.3 Å². The molecule has 0 saturated carbocycles. The van der Waals surface area contributed by atoms with E-state index < -0.39 is 10.8 Å². The largest absolute Gasteiger partial charge is 0.455 e. The standard InChI is InChI=1S/C88H67NO3/c1-46-24-12-13-25-50(46)59-45-65-69(72-56-28-16-21-33-66(56)90-81(59)72)53-39-36-47(42-62(53)84(65,2)3)89(48-37-40-54-63(43-48)87(8,9)77-70(54)73-57-29-17-22-34-67(57)91-82(73)75-51-26-14-19-31-60(51)85(4,5)79(75)77)49-38-41-55-64(44-49)88(10,11)78-71(55)74-58-30-18-23-35-68(58)92-83(74)76-52-27-15-20-32-61(52)86(6,7)80(76)78/h12-45H,1-11H3. The van der Waals surface area contributed by atoms with Gasteiger partial charge in [-0.3, -0.25) is 0 Å². The predicted octanol–water partition coefficient (Wildman–Crippen LogP) is 24.4. The molecule has 3 aromatic heterocycles. The molecular weight excluding hydrogens is 1120 g/mol. The minimum atomic E-state index is -0.400. The third kappa shape index (κ3) is 6.20. The average Bonchev–Trinajstić information content (AvgIpc) is 1.49. The van der Waals surface area contributed by atoms with E-state index in [2.05, 4.69) is 287 Å². The Labute approximate surface area is 535 Å². The third-order valence-electron chi connectivity index (χ3n) is 23.3. The number of fused-ring (bicyclic) bond motifs is 31. The van der Waals surface area contributed by atoms with Crippen molar-refractivity contribution in [1.82, 2.24) is 0 Å². The Morgan fingerprint density at radius 2 is 0.598 bits per heavy atom. The first-order valence-corrected chi connectivity index (χ1v) is 32.9. The molecule has 20 rings (SSSR count). The number of para-hydroxylation sites is 3. The number of aryl methyl sites for hydroxylation is 1. The van der Waals surface area contributed by atoms with Gasteiger partial charge in [-0.05, 0) is 179 Å². The molecule has 92 heavy (non-hydrogen) atoms. The maximum Gasteiger partial charge on any atom is 0.144 e. The molecule has 4 nitrogen and oxygen atoms in total. The van der Waals surface area contributed by atoms with Gasteiger partial charge in [-0.1, -0.05) is 215 Å². The zero-order valence-electron chi connectivity index (χ0n) is 53.8. The van der Waals surface area contributed by atoms with Crippen molar-refractivity contribution < 1.29 is 13.3 Å². The molecule has 4 heteroatoms. The zero-order chi connectivity index (χ0) is 62.2. The van der Waals surface area contributed by atoms with Crippen LogP contribution >= 0.6 is 0 Å². The van der Waals surface area contributed by atoms with Crippen LogP contribution in [0.3, 0.4) is 0 Å². The highest BCUT2D eigenvalue weighted by molar-refractivity contribution is 6.23. The smallest absolute Gasteiger partial charge is 0.144 e. The van der Waals surface area contributed by atoms with Crippen LogP contribution in [0.15, 0.2) is 220 Å². The Hall–Kier alpha value is -10.2. The molecule has 12 aromatic carbocycles. The molecule has 0 amide bonds. The molecule has 0 fully saturated rings. The van der Waals surface area contributed by atoms with Crippen molar-refractivity contribution in [2.75, 3.05) is 4.90 Å². The van der Waals surface area contributed by atoms with Gasteiger partial charge in [-0.2, -0.15) is 0 Å². The summed E-state index contributed by atoms with van der Waals surface area (Å²) in [4.78, 5) is 2.58. The minimum Gasteiger partial charge on any atom is -0.455 e. The molecule has 0 bridgehead atoms. The number of furan rings is 3. The molecule has 0 N–H and O–H groups in total. The van der Waals surface area contributed by atoms with Gasteiger partial charge in [0.05, 0.1) is 0 Å². The number of nitrogens with zero attached hydrogens (tertiary/aromatic N) is 1. The SMILES string of the molecule is Cc1ccccc1-c1cc2c(c3c1oc1ccccc13)-c1ccc(N(c3ccc4c(c3)C(C)(C)c3c5c(c6oc7ccccc7c6c3-4)-c3ccccc3C5(C)C)c3ccc4c(c3)C(C)(C)c3c5c(c6oc7ccccc7c6c3-4)-c3ccccc3C5(C)C)cc1C2(C)C. The van der Waals surface area contributed by atoms with Crippen molar-refractivity contribution in [2.24, 2.45) is 0 Å². The van der Waals surface area contributed by atoms with E-state index in [1.54, 1.807) is 0 Å². The Balaban J connectivity index is 0.841. The molecule has 5 aliphatic rings. The van der Waals surface area contributed by atoms with E-state index in [9.17, 15) is 0 Å². The maximum atomic E-state index is 7.13. The zero-order valence-corrected chi connectivity index (χ0v) is 53.8. The Bertz CT molecular complexity index is 5690. The number of hydrogen-bond donors (Lipinski definition) is 0. The van der Waals surface area contributed by atoms with Gasteiger partial charge in [-0.25, -0.2) is 0 Å². The first-order valence-electron chi connectivity index (χ1n) is 32.9. The van der Waals surface area contributed by atoms with Crippen LogP contribution in [0.25, 0.3) is 133 Å². The van der Waals surface area contributed by atoms with Gasteiger partial charge in [0.25, 0.3) is 0 Å². The summed E-state index contributed by atoms with van der Waals surface area (Å²) < 4.78 is 21.3. The molecule has 0 aliphatic heterocycles. The molecule has 0 spiro atoms. The third-order valence-corrected chi connectivity index (χ3v) is 23.3. The van der Waals surface area contributed by atoms with Gasteiger partial charge < -0.3 is 18.2 Å². The first-order chi connectivity index (χ1) is 44.4. The number of hydrogen-bond acceptors (Lipinski definition) is 4. The summed E-state index contributed by atoms with van der Waals surface area (Å²) in [5.74, 6) is 0. The van der Waals surface area contributed by atoms with Crippen LogP contribution < -0.4 is 4.90 Å². The summed E-state index contributed by atoms with van der Waals surface area (Å²) in [6.45, 7) is 26.7. The van der Waals surface area contributed by atoms with E-state index in [4.69, 9.17) is 13.3 Å². The molecule has 0 unspecified atom stereocenters. The maximum absolute atomic E-state index is 7.13. The molecule has 0 atom stereocenters. The highest BCUT2D eigenvalue weighted by Crippen LogP contribution is 2.67. The molecule has 3 heterocycles. The summed E-state index contributed by atoms with van der Waals surface area (Å²) in [5, 5.41) is 7.06. The second kappa shape index (κ2) is 17.1. The molecule has 442 valence electrons. The monoisotopic (exact) mass is 1190 g/mol. The van der Waals surface area contributed by atoms with Crippen molar-refractivity contribution in [3.05, 3.63) is 267 Å². The summed E-state index contributed by atoms with van der Waals surface area (Å²) in [6.07, 6.45) is 0. The van der Waals surface area contributed by atoms with Crippen LogP contribution in [0.1, 0.15) is 130 Å². The van der Waals surface area contributed by atoms with Crippen molar-refractivity contribution in [3.63, 3.8) is 0 Å². The lowest BCUT2D eigenvalue weighted by atomic mass is 9.72. The highest BCUT2D eigenvalue weighted by atomic mass is 16.3. The van der Waals surface area contributed by atoms with Crippen molar-refractivity contribution in [3.8, 4) is 66.8 Å². The molecule has 15 aromatic rings. The fourth-order valence-electron chi connectivity index (χ4n) is 19.1. The first kappa shape index (κ1) is 52.6. The molecule has 5 aliphatic carbocycles. The van der Waals surface area contributed by atoms with Crippen LogP contribution in [0.4, 0.5) is 17.1 Å². The second-order valence-electron chi connectivity index (χ2n) is 29.8. The fraction of sp³-hybridized carbons (Fsp3) is 0.182. The van der Waals surface area contributed by atoms with E-state index in [1.807, 2.05) is 0 Å². The quantitative estimate of drug-likeness (QED) is 0.176. The number of anilines is 3. The lowest BCUT2D eigenvalue weighted by Gasteiger charge is -2.33. The van der Waals surface area contributed by atoms with Crippen LogP contribution in [0, 0.1) is 6.92 Å². The Morgan fingerprint density at radius 1 is 0.261 bits per heavy atom. The lowest BCUT2D eigenvalue weighted by molar-refractivity contribution is 0.600. The normalized spacial score (nSPS) is 16.4. The predicted molar refractivity (Wildman–Crippen MR) is 381 cm³/mol. The average molecular weight is 1190 g/mol. The van der Waals surface area contributed by atoms with E-state index in [0.29, 0.717) is 0 Å². The van der Waals surface area contributed by atoms with Crippen molar-refractivity contribution in [1.29, 1.82) is 0 Å². The van der Waals surface area contributed by atoms with Crippen molar-refractivity contribution in [2.45, 2.75) is 103 Å². The van der Waals surface area contributed by atoms with E-state index >= 15 is 0 Å². The number of rotatable bonds is 4. The van der Waals surface area contributed by atoms with Crippen LogP contribution in [-0.2, 0) is 27.1 Å². The molecular formula is C88H67NO3. The second-order valence-corrected chi connectivity index (χ2v) is 29.8. The molecule has 0 saturated heterocycles. The van der Waals surface area contributed by atoms with E-state index in [-0.39, 0.29) is 16.2 Å². The van der Waals surface area contributed by atoms with Crippen LogP contribution in [0.2, 0.25) is 0 Å². The highest BCUT2D eigenvalue weighted by Gasteiger charge is 2.51. The van der Waals surface area contributed by atoms with Gasteiger partial charge >= 0.3 is 0 Å². The van der Waals surface area contributed by atoms with Crippen LogP contribution in [0.5, 0.6) is 0 Å². The summed E-state index contributed by atoms with van der Waals surface area (Å²) >= 11 is 0. The topological polar surface area (TPSA) is 42.7 Å². The number of benzene rings is 12. The summed E-state index contributed by atoms with van der Waals surface area (Å²) in [6, 6.07) is 77.5. The van der Waals surface area contributed by atoms with Gasteiger partial charge in [0.1, 0.15) is 33.5 Å². The van der Waals surface area contributed by atoms with Gasteiger partial charge in [0.2, 0.25) is 0 Å². The van der Waals surface area contributed by atoms with Gasteiger partial charge in [0, 0.05) is 93.1 Å². The lowest BCUT2D eigenvalue weighted by Crippen LogP contribution is -2.24. The molecule has 0 radical (unpaired) electrons. The van der Waals surface area contributed by atoms with E-state index in [1.165, 1.54) is 139 Å². The Morgan fingerprint density at radius 3 is 1.05 bits per heavy atom. The van der Waals surface area contributed by atoms with Gasteiger partial charge in [0.15, 0.2) is 0 Å². The fourth-order valence-corrected chi connectivity index (χ4v) is 19.1. The minimum absolute atomic E-state index is 0.275. The van der Waals surface area contributed by atoms with Gasteiger partial charge in [-0.15, -0.1) is 0 Å². The summed E-state index contributed by atoms with van der Waals surface area (Å²) in [5.41, 5.74) is 37.0. The Kier molecular flexibility index (Phi) is 9.75. The summed E-state index contributed by atoms with van der Waals surface area (Å²) in [7, 11) is 0. The van der Waals surface area contributed by atoms with Crippen molar-refractivity contribution >= 4 is 82.9 Å². The van der Waals surface area contributed by atoms with Crippen LogP contribution in [-0.4, -0.2) is 0 Å².